The van der Waals surface area contributed by atoms with E-state index >= 15 is 0 Å². The third-order valence-corrected chi connectivity index (χ3v) is 1.39. The molecule has 1 heterocycles. The summed E-state index contributed by atoms with van der Waals surface area (Å²) in [7, 11) is 0. The van der Waals surface area contributed by atoms with Gasteiger partial charge in [-0.1, -0.05) is 11.7 Å². The molecule has 0 radical (unpaired) electrons. The molecule has 0 saturated heterocycles. The molecule has 0 saturated carbocycles. The van der Waals surface area contributed by atoms with Crippen LogP contribution in [0, 0.1) is 0 Å². The highest BCUT2D eigenvalue weighted by Crippen LogP contribution is 2.14. The maximum absolute atomic E-state index is 11.7. The minimum Gasteiger partial charge on any atom is -0.372 e. The van der Waals surface area contributed by atoms with Gasteiger partial charge < -0.3 is 9.26 Å². The first-order chi connectivity index (χ1) is 7.01. The van der Waals surface area contributed by atoms with E-state index in [-0.39, 0.29) is 18.9 Å². The largest absolute Gasteiger partial charge is 0.411 e. The Morgan fingerprint density at radius 3 is 2.73 bits per heavy atom. The molecule has 0 N–H and O–H groups in total. The van der Waals surface area contributed by atoms with Gasteiger partial charge in [0.1, 0.15) is 6.61 Å². The van der Waals surface area contributed by atoms with Crippen molar-refractivity contribution in [2.24, 2.45) is 0 Å². The molecule has 0 aromatic carbocycles. The van der Waals surface area contributed by atoms with Crippen LogP contribution < -0.4 is 0 Å². The van der Waals surface area contributed by atoms with Gasteiger partial charge in [-0.15, -0.1) is 0 Å². The molecule has 1 rings (SSSR count). The zero-order valence-corrected chi connectivity index (χ0v) is 7.75. The fourth-order valence-electron chi connectivity index (χ4n) is 0.803. The topological polar surface area (TPSA) is 48.2 Å². The van der Waals surface area contributed by atoms with E-state index in [2.05, 4.69) is 26.0 Å². The Kier molecular flexibility index (Phi) is 3.84. The van der Waals surface area contributed by atoms with Crippen molar-refractivity contribution in [3.05, 3.63) is 18.3 Å². The molecule has 1 aromatic heterocycles. The lowest BCUT2D eigenvalue weighted by molar-refractivity contribution is -0.173. The molecule has 0 unspecified atom stereocenters. The van der Waals surface area contributed by atoms with Gasteiger partial charge in [0.25, 0.3) is 0 Å². The van der Waals surface area contributed by atoms with Gasteiger partial charge in [0.05, 0.1) is 6.61 Å². The Balaban J connectivity index is 2.23. The van der Waals surface area contributed by atoms with Crippen LogP contribution in [0.3, 0.4) is 0 Å². The third kappa shape index (κ3) is 4.59. The fraction of sp³-hybridized carbons (Fsp3) is 0.500. The molecule has 15 heavy (non-hydrogen) atoms. The van der Waals surface area contributed by atoms with Crippen LogP contribution in [0.15, 0.2) is 11.1 Å². The van der Waals surface area contributed by atoms with Gasteiger partial charge in [-0.25, -0.2) is 0 Å². The van der Waals surface area contributed by atoms with Gasteiger partial charge in [0.2, 0.25) is 5.89 Å². The molecule has 7 heteroatoms. The second-order valence-corrected chi connectivity index (χ2v) is 2.67. The lowest BCUT2D eigenvalue weighted by Gasteiger charge is -2.05. The molecule has 0 spiro atoms. The van der Waals surface area contributed by atoms with Crippen molar-refractivity contribution in [1.29, 1.82) is 0 Å². The van der Waals surface area contributed by atoms with Crippen molar-refractivity contribution in [3.63, 3.8) is 0 Å². The van der Waals surface area contributed by atoms with Crippen molar-refractivity contribution in [2.45, 2.75) is 12.6 Å². The minimum atomic E-state index is -4.30. The molecule has 0 atom stereocenters. The average molecular weight is 222 g/mol. The maximum Gasteiger partial charge on any atom is 0.411 e. The van der Waals surface area contributed by atoms with Crippen LogP contribution in [-0.2, 0) is 11.2 Å². The monoisotopic (exact) mass is 222 g/mol. The van der Waals surface area contributed by atoms with Crippen LogP contribution in [0.5, 0.6) is 0 Å². The van der Waals surface area contributed by atoms with E-state index in [0.29, 0.717) is 5.82 Å². The number of rotatable bonds is 5. The molecule has 0 aliphatic rings. The van der Waals surface area contributed by atoms with Crippen LogP contribution >= 0.6 is 0 Å². The summed E-state index contributed by atoms with van der Waals surface area (Å²) in [5, 5.41) is 3.50. The van der Waals surface area contributed by atoms with E-state index in [9.17, 15) is 13.2 Å². The second-order valence-electron chi connectivity index (χ2n) is 2.67. The zero-order valence-electron chi connectivity index (χ0n) is 7.75. The van der Waals surface area contributed by atoms with E-state index in [1.165, 1.54) is 6.08 Å². The molecule has 0 bridgehead atoms. The van der Waals surface area contributed by atoms with E-state index in [0.717, 1.165) is 0 Å². The molecule has 0 aliphatic heterocycles. The van der Waals surface area contributed by atoms with Crippen LogP contribution in [-0.4, -0.2) is 29.5 Å². The Hall–Kier alpha value is -1.37. The maximum atomic E-state index is 11.7. The van der Waals surface area contributed by atoms with Crippen LogP contribution in [0.25, 0.3) is 6.08 Å². The summed E-state index contributed by atoms with van der Waals surface area (Å²) in [6, 6.07) is 0. The average Bonchev–Trinajstić information content (AvgIpc) is 2.59. The lowest BCUT2D eigenvalue weighted by atomic mass is 10.4. The summed E-state index contributed by atoms with van der Waals surface area (Å²) < 4.78 is 44.0. The Morgan fingerprint density at radius 2 is 2.20 bits per heavy atom. The molecule has 0 amide bonds. The summed E-state index contributed by atoms with van der Waals surface area (Å²) in [4.78, 5) is 3.81. The van der Waals surface area contributed by atoms with E-state index in [4.69, 9.17) is 0 Å². The Morgan fingerprint density at radius 1 is 1.47 bits per heavy atom. The molecule has 0 fully saturated rings. The number of halogens is 3. The predicted molar refractivity (Wildman–Crippen MR) is 45.0 cm³/mol. The highest BCUT2D eigenvalue weighted by atomic mass is 19.4. The van der Waals surface area contributed by atoms with Crippen molar-refractivity contribution in [2.75, 3.05) is 13.2 Å². The normalized spacial score (nSPS) is 11.7. The van der Waals surface area contributed by atoms with Gasteiger partial charge in [-0.3, -0.25) is 0 Å². The van der Waals surface area contributed by atoms with Crippen LogP contribution in [0.2, 0.25) is 0 Å². The molecular formula is C8H9F3N2O2. The third-order valence-electron chi connectivity index (χ3n) is 1.39. The van der Waals surface area contributed by atoms with Gasteiger partial charge in [-0.05, 0) is 6.08 Å². The van der Waals surface area contributed by atoms with Crippen molar-refractivity contribution in [1.82, 2.24) is 10.1 Å². The molecule has 0 aliphatic carbocycles. The first kappa shape index (κ1) is 11.7. The first-order valence-corrected chi connectivity index (χ1v) is 4.11. The van der Waals surface area contributed by atoms with Gasteiger partial charge in [0, 0.05) is 6.42 Å². The van der Waals surface area contributed by atoms with E-state index < -0.39 is 12.8 Å². The van der Waals surface area contributed by atoms with E-state index in [1.54, 1.807) is 0 Å². The number of ether oxygens (including phenoxy) is 1. The van der Waals surface area contributed by atoms with Crippen LogP contribution in [0.1, 0.15) is 11.7 Å². The fourth-order valence-corrected chi connectivity index (χ4v) is 0.803. The first-order valence-electron chi connectivity index (χ1n) is 4.11. The summed E-state index contributed by atoms with van der Waals surface area (Å²) in [5.74, 6) is 0.535. The molecule has 1 aromatic rings. The van der Waals surface area contributed by atoms with E-state index in [1.807, 2.05) is 0 Å². The Labute approximate surface area is 83.7 Å². The zero-order chi connectivity index (χ0) is 11.3. The number of alkyl halides is 3. The summed E-state index contributed by atoms with van der Waals surface area (Å²) in [6.45, 7) is 2.03. The number of nitrogens with zero attached hydrogens (tertiary/aromatic N) is 2. The lowest BCUT2D eigenvalue weighted by Crippen LogP contribution is -2.18. The van der Waals surface area contributed by atoms with Gasteiger partial charge in [0.15, 0.2) is 5.82 Å². The quantitative estimate of drug-likeness (QED) is 0.713. The standard InChI is InChI=1S/C8H9F3N2O2/c1-2-7-12-6(13-15-7)3-4-14-5-8(9,10)11/h2H,1,3-5H2. The number of hydrogen-bond acceptors (Lipinski definition) is 4. The predicted octanol–water partition coefficient (Wildman–Crippen LogP) is 1.83. The van der Waals surface area contributed by atoms with Crippen LogP contribution in [0.4, 0.5) is 13.2 Å². The Bertz CT molecular complexity index is 322. The number of hydrogen-bond donors (Lipinski definition) is 0. The molecular weight excluding hydrogens is 213 g/mol. The van der Waals surface area contributed by atoms with Crippen molar-refractivity contribution >= 4 is 6.08 Å². The highest BCUT2D eigenvalue weighted by Gasteiger charge is 2.27. The highest BCUT2D eigenvalue weighted by molar-refractivity contribution is 5.32. The minimum absolute atomic E-state index is 0.102. The SMILES string of the molecule is C=Cc1nc(CCOCC(F)(F)F)no1. The van der Waals surface area contributed by atoms with Crippen molar-refractivity contribution in [3.8, 4) is 0 Å². The van der Waals surface area contributed by atoms with Gasteiger partial charge in [-0.2, -0.15) is 18.2 Å². The second kappa shape index (κ2) is 4.92. The molecule has 84 valence electrons. The smallest absolute Gasteiger partial charge is 0.372 e. The summed E-state index contributed by atoms with van der Waals surface area (Å²) in [5.41, 5.74) is 0. The molecule has 4 nitrogen and oxygen atoms in total. The van der Waals surface area contributed by atoms with Gasteiger partial charge >= 0.3 is 6.18 Å². The summed E-state index contributed by atoms with van der Waals surface area (Å²) >= 11 is 0. The van der Waals surface area contributed by atoms with Crippen molar-refractivity contribution < 1.29 is 22.4 Å². The number of aromatic nitrogens is 2. The summed E-state index contributed by atoms with van der Waals surface area (Å²) in [6.07, 6.45) is -2.77.